The fourth-order valence-electron chi connectivity index (χ4n) is 3.19. The van der Waals surface area contributed by atoms with Crippen molar-refractivity contribution in [1.82, 2.24) is 10.1 Å². The molecule has 0 spiro atoms. The van der Waals surface area contributed by atoms with E-state index in [0.717, 1.165) is 0 Å². The molecule has 0 unspecified atom stereocenters. The van der Waals surface area contributed by atoms with Gasteiger partial charge in [-0.3, -0.25) is 4.79 Å². The maximum absolute atomic E-state index is 13.0. The maximum Gasteiger partial charge on any atom is 0.259 e. The van der Waals surface area contributed by atoms with Gasteiger partial charge in [0.1, 0.15) is 5.75 Å². The minimum atomic E-state index is -0.306. The van der Waals surface area contributed by atoms with Crippen molar-refractivity contribution in [3.8, 4) is 40.1 Å². The molecular weight excluding hydrogens is 410 g/mol. The van der Waals surface area contributed by atoms with Crippen LogP contribution in [0.25, 0.3) is 22.8 Å². The zero-order valence-electron chi connectivity index (χ0n) is 17.8. The van der Waals surface area contributed by atoms with Crippen LogP contribution in [0, 0.1) is 0 Å². The molecule has 3 aromatic carbocycles. The normalized spacial score (nSPS) is 10.5. The van der Waals surface area contributed by atoms with Gasteiger partial charge in [-0.1, -0.05) is 23.4 Å². The molecular formula is C24H21N3O5. The van der Waals surface area contributed by atoms with Gasteiger partial charge in [0.05, 0.1) is 32.5 Å². The molecule has 0 saturated carbocycles. The quantitative estimate of drug-likeness (QED) is 0.454. The van der Waals surface area contributed by atoms with Gasteiger partial charge in [-0.2, -0.15) is 4.98 Å². The summed E-state index contributed by atoms with van der Waals surface area (Å²) in [5, 5.41) is 6.94. The van der Waals surface area contributed by atoms with E-state index in [1.807, 2.05) is 0 Å². The highest BCUT2D eigenvalue weighted by molar-refractivity contribution is 6.08. The number of methoxy groups -OCH3 is 3. The first-order valence-electron chi connectivity index (χ1n) is 9.74. The number of nitrogens with one attached hydrogen (secondary N) is 1. The van der Waals surface area contributed by atoms with Gasteiger partial charge in [0.2, 0.25) is 5.82 Å². The summed E-state index contributed by atoms with van der Waals surface area (Å²) >= 11 is 0. The molecule has 0 atom stereocenters. The number of nitrogens with zero attached hydrogens (tertiary/aromatic N) is 2. The van der Waals surface area contributed by atoms with Gasteiger partial charge in [-0.25, -0.2) is 0 Å². The van der Waals surface area contributed by atoms with Crippen LogP contribution in [0.5, 0.6) is 17.2 Å². The van der Waals surface area contributed by atoms with E-state index in [1.54, 1.807) is 88.1 Å². The lowest BCUT2D eigenvalue weighted by atomic mass is 10.1. The van der Waals surface area contributed by atoms with E-state index < -0.39 is 0 Å². The number of ether oxygens (including phenoxy) is 3. The van der Waals surface area contributed by atoms with Crippen molar-refractivity contribution in [2.24, 2.45) is 0 Å². The Labute approximate surface area is 184 Å². The van der Waals surface area contributed by atoms with E-state index in [9.17, 15) is 4.79 Å². The molecule has 0 aliphatic rings. The Morgan fingerprint density at radius 1 is 0.875 bits per heavy atom. The zero-order chi connectivity index (χ0) is 22.5. The minimum absolute atomic E-state index is 0.228. The third-order valence-corrected chi connectivity index (χ3v) is 4.80. The molecule has 162 valence electrons. The molecule has 0 fully saturated rings. The summed E-state index contributed by atoms with van der Waals surface area (Å²) in [6, 6.07) is 19.5. The lowest BCUT2D eigenvalue weighted by Gasteiger charge is -2.09. The predicted molar refractivity (Wildman–Crippen MR) is 119 cm³/mol. The summed E-state index contributed by atoms with van der Waals surface area (Å²) in [5.74, 6) is 2.08. The fourth-order valence-corrected chi connectivity index (χ4v) is 3.19. The lowest BCUT2D eigenvalue weighted by Crippen LogP contribution is -2.13. The molecule has 1 amide bonds. The van der Waals surface area contributed by atoms with Gasteiger partial charge in [0.25, 0.3) is 11.8 Å². The smallest absolute Gasteiger partial charge is 0.259 e. The van der Waals surface area contributed by atoms with Crippen molar-refractivity contribution in [3.05, 3.63) is 72.3 Å². The number of amides is 1. The Hall–Kier alpha value is -4.33. The van der Waals surface area contributed by atoms with Gasteiger partial charge in [-0.15, -0.1) is 0 Å². The van der Waals surface area contributed by atoms with Crippen LogP contribution in [0.2, 0.25) is 0 Å². The van der Waals surface area contributed by atoms with Crippen LogP contribution in [0.15, 0.2) is 71.3 Å². The molecule has 0 bridgehead atoms. The van der Waals surface area contributed by atoms with Gasteiger partial charge in [-0.05, 0) is 42.5 Å². The Morgan fingerprint density at radius 2 is 1.69 bits per heavy atom. The number of hydrogen-bond acceptors (Lipinski definition) is 7. The number of hydrogen-bond donors (Lipinski definition) is 1. The Kier molecular flexibility index (Phi) is 6.03. The fraction of sp³-hybridized carbons (Fsp3) is 0.125. The van der Waals surface area contributed by atoms with E-state index >= 15 is 0 Å². The van der Waals surface area contributed by atoms with Crippen LogP contribution in [-0.4, -0.2) is 37.4 Å². The molecule has 32 heavy (non-hydrogen) atoms. The minimum Gasteiger partial charge on any atom is -0.497 e. The summed E-state index contributed by atoms with van der Waals surface area (Å²) in [6.45, 7) is 0. The summed E-state index contributed by atoms with van der Waals surface area (Å²) < 4.78 is 21.3. The predicted octanol–water partition coefficient (Wildman–Crippen LogP) is 4.68. The Balaban J connectivity index is 1.63. The van der Waals surface area contributed by atoms with Crippen molar-refractivity contribution in [2.45, 2.75) is 0 Å². The standard InChI is InChI=1S/C24H21N3O5/c1-29-17-8-6-7-16(14-17)25-23(28)18-9-4-5-10-19(18)24-26-22(27-32-24)15-11-12-20(30-2)21(13-15)31-3/h4-14H,1-3H3,(H,25,28). The van der Waals surface area contributed by atoms with Crippen molar-refractivity contribution in [1.29, 1.82) is 0 Å². The third kappa shape index (κ3) is 4.24. The second-order valence-corrected chi connectivity index (χ2v) is 6.72. The molecule has 8 heteroatoms. The van der Waals surface area contributed by atoms with Crippen molar-refractivity contribution in [2.75, 3.05) is 26.6 Å². The van der Waals surface area contributed by atoms with E-state index in [4.69, 9.17) is 18.7 Å². The van der Waals surface area contributed by atoms with E-state index in [1.165, 1.54) is 0 Å². The van der Waals surface area contributed by atoms with Crippen LogP contribution >= 0.6 is 0 Å². The molecule has 0 radical (unpaired) electrons. The highest BCUT2D eigenvalue weighted by Crippen LogP contribution is 2.32. The first-order valence-corrected chi connectivity index (χ1v) is 9.74. The first-order chi connectivity index (χ1) is 15.6. The van der Waals surface area contributed by atoms with E-state index in [2.05, 4.69) is 15.5 Å². The zero-order valence-corrected chi connectivity index (χ0v) is 17.8. The van der Waals surface area contributed by atoms with Crippen molar-refractivity contribution < 1.29 is 23.5 Å². The lowest BCUT2D eigenvalue weighted by molar-refractivity contribution is 0.102. The molecule has 8 nitrogen and oxygen atoms in total. The summed E-state index contributed by atoms with van der Waals surface area (Å²) in [7, 11) is 4.69. The maximum atomic E-state index is 13.0. The Bertz CT molecular complexity index is 1250. The number of carbonyl (C=O) groups excluding carboxylic acids is 1. The molecule has 0 aliphatic heterocycles. The van der Waals surface area contributed by atoms with Gasteiger partial charge in [0, 0.05) is 17.3 Å². The highest BCUT2D eigenvalue weighted by atomic mass is 16.5. The average molecular weight is 431 g/mol. The first kappa shape index (κ1) is 20.9. The second kappa shape index (κ2) is 9.22. The molecule has 1 N–H and O–H groups in total. The summed E-state index contributed by atoms with van der Waals surface area (Å²) in [4.78, 5) is 17.5. The molecule has 0 saturated heterocycles. The number of anilines is 1. The SMILES string of the molecule is COc1cccc(NC(=O)c2ccccc2-c2nc(-c3ccc(OC)c(OC)c3)no2)c1. The van der Waals surface area contributed by atoms with Crippen LogP contribution in [0.3, 0.4) is 0 Å². The van der Waals surface area contributed by atoms with Crippen LogP contribution in [0.1, 0.15) is 10.4 Å². The molecule has 1 aromatic heterocycles. The van der Waals surface area contributed by atoms with Crippen LogP contribution in [0.4, 0.5) is 5.69 Å². The summed E-state index contributed by atoms with van der Waals surface area (Å²) in [6.07, 6.45) is 0. The molecule has 4 aromatic rings. The van der Waals surface area contributed by atoms with Crippen molar-refractivity contribution >= 4 is 11.6 Å². The number of rotatable bonds is 7. The van der Waals surface area contributed by atoms with Crippen LogP contribution in [-0.2, 0) is 0 Å². The van der Waals surface area contributed by atoms with Gasteiger partial charge >= 0.3 is 0 Å². The second-order valence-electron chi connectivity index (χ2n) is 6.72. The number of aromatic nitrogens is 2. The topological polar surface area (TPSA) is 95.7 Å². The molecule has 1 heterocycles. The van der Waals surface area contributed by atoms with Crippen LogP contribution < -0.4 is 19.5 Å². The third-order valence-electron chi connectivity index (χ3n) is 4.80. The summed E-state index contributed by atoms with van der Waals surface area (Å²) in [5.41, 5.74) is 2.22. The molecule has 4 rings (SSSR count). The number of benzene rings is 3. The Morgan fingerprint density at radius 3 is 2.47 bits per heavy atom. The average Bonchev–Trinajstić information content (AvgIpc) is 3.34. The molecule has 0 aliphatic carbocycles. The number of carbonyl (C=O) groups is 1. The monoisotopic (exact) mass is 431 g/mol. The van der Waals surface area contributed by atoms with E-state index in [-0.39, 0.29) is 11.8 Å². The van der Waals surface area contributed by atoms with E-state index in [0.29, 0.717) is 45.5 Å². The van der Waals surface area contributed by atoms with Crippen molar-refractivity contribution in [3.63, 3.8) is 0 Å². The van der Waals surface area contributed by atoms with Gasteiger partial charge < -0.3 is 24.1 Å². The largest absolute Gasteiger partial charge is 0.497 e. The van der Waals surface area contributed by atoms with Gasteiger partial charge in [0.15, 0.2) is 11.5 Å². The highest BCUT2D eigenvalue weighted by Gasteiger charge is 2.19.